The highest BCUT2D eigenvalue weighted by Gasteiger charge is 2.02. The van der Waals surface area contributed by atoms with Crippen LogP contribution in [0.25, 0.3) is 0 Å². The summed E-state index contributed by atoms with van der Waals surface area (Å²) in [4.78, 5) is 0. The van der Waals surface area contributed by atoms with E-state index in [0.29, 0.717) is 4.38 Å². The molecule has 0 atom stereocenters. The SMILES string of the molecule is CC(C)OC(=S)SSCc1ccccc1. The van der Waals surface area contributed by atoms with Crippen LogP contribution in [0, 0.1) is 0 Å². The van der Waals surface area contributed by atoms with E-state index in [-0.39, 0.29) is 6.10 Å². The van der Waals surface area contributed by atoms with Crippen LogP contribution in [-0.2, 0) is 10.5 Å². The van der Waals surface area contributed by atoms with Crippen molar-refractivity contribution in [2.24, 2.45) is 0 Å². The number of benzene rings is 1. The smallest absolute Gasteiger partial charge is 0.231 e. The van der Waals surface area contributed by atoms with E-state index in [0.717, 1.165) is 5.75 Å². The molecule has 1 aromatic rings. The summed E-state index contributed by atoms with van der Waals surface area (Å²) >= 11 is 5.07. The summed E-state index contributed by atoms with van der Waals surface area (Å²) in [5, 5.41) is 0. The minimum absolute atomic E-state index is 0.169. The fourth-order valence-corrected chi connectivity index (χ4v) is 3.26. The Kier molecular flexibility index (Phi) is 6.13. The predicted molar refractivity (Wildman–Crippen MR) is 74.1 cm³/mol. The fraction of sp³-hybridized carbons (Fsp3) is 0.364. The number of hydrogen-bond acceptors (Lipinski definition) is 4. The predicted octanol–water partition coefficient (Wildman–Crippen LogP) is 4.28. The van der Waals surface area contributed by atoms with Gasteiger partial charge in [0.1, 0.15) is 0 Å². The van der Waals surface area contributed by atoms with Crippen LogP contribution in [0.15, 0.2) is 30.3 Å². The maximum atomic E-state index is 5.36. The van der Waals surface area contributed by atoms with Gasteiger partial charge in [0.25, 0.3) is 0 Å². The first-order valence-electron chi connectivity index (χ1n) is 4.72. The molecule has 0 spiro atoms. The van der Waals surface area contributed by atoms with E-state index < -0.39 is 0 Å². The highest BCUT2D eigenvalue weighted by atomic mass is 33.1. The third kappa shape index (κ3) is 6.07. The van der Waals surface area contributed by atoms with Gasteiger partial charge in [-0.3, -0.25) is 0 Å². The largest absolute Gasteiger partial charge is 0.475 e. The summed E-state index contributed by atoms with van der Waals surface area (Å²) in [6.07, 6.45) is 0.169. The van der Waals surface area contributed by atoms with Crippen LogP contribution in [0.3, 0.4) is 0 Å². The molecule has 1 aromatic carbocycles. The number of rotatable bonds is 4. The Morgan fingerprint density at radius 1 is 1.33 bits per heavy atom. The molecule has 0 unspecified atom stereocenters. The van der Waals surface area contributed by atoms with Crippen molar-refractivity contribution in [1.82, 2.24) is 0 Å². The Morgan fingerprint density at radius 3 is 2.60 bits per heavy atom. The Hall–Kier alpha value is -0.190. The van der Waals surface area contributed by atoms with Crippen molar-refractivity contribution in [3.63, 3.8) is 0 Å². The van der Waals surface area contributed by atoms with Crippen molar-refractivity contribution in [1.29, 1.82) is 0 Å². The van der Waals surface area contributed by atoms with Gasteiger partial charge >= 0.3 is 0 Å². The van der Waals surface area contributed by atoms with Crippen molar-refractivity contribution < 1.29 is 4.74 Å². The van der Waals surface area contributed by atoms with Crippen LogP contribution in [0.5, 0.6) is 0 Å². The van der Waals surface area contributed by atoms with E-state index in [1.807, 2.05) is 32.0 Å². The molecular weight excluding hydrogens is 244 g/mol. The van der Waals surface area contributed by atoms with Crippen molar-refractivity contribution in [3.05, 3.63) is 35.9 Å². The fourth-order valence-electron chi connectivity index (χ4n) is 0.932. The molecule has 1 rings (SSSR count). The number of ether oxygens (including phenoxy) is 1. The summed E-state index contributed by atoms with van der Waals surface area (Å²) in [6.45, 7) is 3.96. The first-order valence-corrected chi connectivity index (χ1v) is 7.45. The Balaban J connectivity index is 2.19. The summed E-state index contributed by atoms with van der Waals surface area (Å²) in [5.74, 6) is 0.951. The zero-order valence-corrected chi connectivity index (χ0v) is 11.3. The van der Waals surface area contributed by atoms with Gasteiger partial charge in [0.2, 0.25) is 4.38 Å². The lowest BCUT2D eigenvalue weighted by Crippen LogP contribution is -2.04. The van der Waals surface area contributed by atoms with Gasteiger partial charge < -0.3 is 4.74 Å². The molecule has 1 nitrogen and oxygen atoms in total. The van der Waals surface area contributed by atoms with Gasteiger partial charge in [-0.15, -0.1) is 0 Å². The van der Waals surface area contributed by atoms with E-state index in [1.165, 1.54) is 16.4 Å². The maximum absolute atomic E-state index is 5.36. The molecule has 0 heterocycles. The van der Waals surface area contributed by atoms with E-state index in [2.05, 4.69) is 12.1 Å². The van der Waals surface area contributed by atoms with Crippen LogP contribution >= 0.6 is 33.8 Å². The van der Waals surface area contributed by atoms with Crippen molar-refractivity contribution in [3.8, 4) is 0 Å². The Bertz CT molecular complexity index is 298. The first kappa shape index (κ1) is 12.9. The standard InChI is InChI=1S/C11H14OS3/c1-9(2)12-11(13)15-14-8-10-6-4-3-5-7-10/h3-7,9H,8H2,1-2H3. The molecule has 15 heavy (non-hydrogen) atoms. The third-order valence-electron chi connectivity index (χ3n) is 1.53. The minimum Gasteiger partial charge on any atom is -0.475 e. The van der Waals surface area contributed by atoms with Crippen LogP contribution in [-0.4, -0.2) is 10.5 Å². The molecule has 0 aliphatic rings. The van der Waals surface area contributed by atoms with E-state index in [4.69, 9.17) is 17.0 Å². The second-order valence-electron chi connectivity index (χ2n) is 3.25. The molecule has 0 aromatic heterocycles. The lowest BCUT2D eigenvalue weighted by molar-refractivity contribution is 0.243. The number of thiocarbonyl (C=S) groups is 1. The Labute approximate surface area is 104 Å². The lowest BCUT2D eigenvalue weighted by Gasteiger charge is -2.08. The van der Waals surface area contributed by atoms with Gasteiger partial charge in [-0.05, 0) is 42.4 Å². The average molecular weight is 258 g/mol. The summed E-state index contributed by atoms with van der Waals surface area (Å²) in [5.41, 5.74) is 1.31. The third-order valence-corrected chi connectivity index (χ3v) is 4.15. The summed E-state index contributed by atoms with van der Waals surface area (Å²) in [7, 11) is 3.23. The van der Waals surface area contributed by atoms with Crippen molar-refractivity contribution >= 4 is 38.2 Å². The molecule has 0 radical (unpaired) electrons. The second-order valence-corrected chi connectivity index (χ2v) is 6.15. The van der Waals surface area contributed by atoms with Gasteiger partial charge in [0, 0.05) is 5.75 Å². The molecule has 0 bridgehead atoms. The minimum atomic E-state index is 0.169. The molecule has 0 saturated carbocycles. The molecule has 4 heteroatoms. The molecule has 0 N–H and O–H groups in total. The van der Waals surface area contributed by atoms with E-state index in [9.17, 15) is 0 Å². The topological polar surface area (TPSA) is 9.23 Å². The maximum Gasteiger partial charge on any atom is 0.231 e. The van der Waals surface area contributed by atoms with Crippen LogP contribution < -0.4 is 0 Å². The van der Waals surface area contributed by atoms with Gasteiger partial charge in [-0.25, -0.2) is 0 Å². The monoisotopic (exact) mass is 258 g/mol. The molecule has 0 amide bonds. The van der Waals surface area contributed by atoms with E-state index in [1.54, 1.807) is 10.8 Å². The molecule has 0 aliphatic carbocycles. The Morgan fingerprint density at radius 2 is 2.00 bits per heavy atom. The summed E-state index contributed by atoms with van der Waals surface area (Å²) < 4.78 is 5.98. The molecule has 0 aliphatic heterocycles. The molecule has 82 valence electrons. The summed E-state index contributed by atoms with van der Waals surface area (Å²) in [6, 6.07) is 10.3. The van der Waals surface area contributed by atoms with Gasteiger partial charge in [-0.2, -0.15) is 0 Å². The second kappa shape index (κ2) is 7.14. The molecule has 0 saturated heterocycles. The lowest BCUT2D eigenvalue weighted by atomic mass is 10.2. The zero-order valence-electron chi connectivity index (χ0n) is 8.80. The quantitative estimate of drug-likeness (QED) is 0.588. The van der Waals surface area contributed by atoms with Crippen molar-refractivity contribution in [2.45, 2.75) is 25.7 Å². The highest BCUT2D eigenvalue weighted by molar-refractivity contribution is 8.83. The van der Waals surface area contributed by atoms with E-state index >= 15 is 0 Å². The average Bonchev–Trinajstić information content (AvgIpc) is 2.18. The van der Waals surface area contributed by atoms with Crippen LogP contribution in [0.1, 0.15) is 19.4 Å². The normalized spacial score (nSPS) is 10.3. The number of hydrogen-bond donors (Lipinski definition) is 0. The zero-order chi connectivity index (χ0) is 11.1. The van der Waals surface area contributed by atoms with Gasteiger partial charge in [-0.1, -0.05) is 41.1 Å². The van der Waals surface area contributed by atoms with Crippen LogP contribution in [0.2, 0.25) is 0 Å². The van der Waals surface area contributed by atoms with Crippen LogP contribution in [0.4, 0.5) is 0 Å². The van der Waals surface area contributed by atoms with Crippen molar-refractivity contribution in [2.75, 3.05) is 0 Å². The van der Waals surface area contributed by atoms with Gasteiger partial charge in [0.05, 0.1) is 6.10 Å². The van der Waals surface area contributed by atoms with Gasteiger partial charge in [0.15, 0.2) is 0 Å². The highest BCUT2D eigenvalue weighted by Crippen LogP contribution is 2.28. The molecule has 0 fully saturated rings. The first-order chi connectivity index (χ1) is 7.18. The molecular formula is C11H14OS3.